The summed E-state index contributed by atoms with van der Waals surface area (Å²) < 4.78 is 20.5. The van der Waals surface area contributed by atoms with Gasteiger partial charge in [0.1, 0.15) is 11.6 Å². The summed E-state index contributed by atoms with van der Waals surface area (Å²) in [6.07, 6.45) is 0.590. The van der Waals surface area contributed by atoms with Gasteiger partial charge in [0.25, 0.3) is 0 Å². The van der Waals surface area contributed by atoms with E-state index in [9.17, 15) is 4.39 Å². The van der Waals surface area contributed by atoms with Crippen LogP contribution in [0, 0.1) is 5.82 Å². The van der Waals surface area contributed by atoms with Gasteiger partial charge in [0.05, 0.1) is 6.61 Å². The zero-order chi connectivity index (χ0) is 16.2. The van der Waals surface area contributed by atoms with Crippen LogP contribution in [0.4, 0.5) is 4.39 Å². The predicted molar refractivity (Wildman–Crippen MR) is 97.8 cm³/mol. The van der Waals surface area contributed by atoms with Gasteiger partial charge >= 0.3 is 0 Å². The molecule has 2 aromatic carbocycles. The van der Waals surface area contributed by atoms with Gasteiger partial charge in [-0.05, 0) is 55.0 Å². The lowest BCUT2D eigenvalue weighted by Gasteiger charge is -2.08. The third-order valence-corrected chi connectivity index (χ3v) is 5.10. The number of hydrogen-bond acceptors (Lipinski definition) is 2. The second kappa shape index (κ2) is 7.28. The summed E-state index contributed by atoms with van der Waals surface area (Å²) in [5.41, 5.74) is 1.78. The number of benzene rings is 2. The Morgan fingerprint density at radius 2 is 1.91 bits per heavy atom. The standard InChI is InChI=1S/C19H16BrFOS/c1-2-22-18-6-4-3-5-16(18)19-10-8-15(23-19)12-13-11-14(20)7-9-17(13)21/h3-11H,2,12H2,1H3. The van der Waals surface area contributed by atoms with Gasteiger partial charge in [0.2, 0.25) is 0 Å². The van der Waals surface area contributed by atoms with Gasteiger partial charge in [-0.3, -0.25) is 0 Å². The molecule has 0 spiro atoms. The summed E-state index contributed by atoms with van der Waals surface area (Å²) in [6, 6.07) is 17.2. The molecule has 0 aliphatic rings. The molecule has 0 bridgehead atoms. The molecule has 0 unspecified atom stereocenters. The Morgan fingerprint density at radius 3 is 2.74 bits per heavy atom. The number of ether oxygens (including phenoxy) is 1. The van der Waals surface area contributed by atoms with Crippen molar-refractivity contribution in [2.75, 3.05) is 6.61 Å². The highest BCUT2D eigenvalue weighted by Crippen LogP contribution is 2.35. The molecule has 1 heterocycles. The Morgan fingerprint density at radius 1 is 1.09 bits per heavy atom. The lowest BCUT2D eigenvalue weighted by Crippen LogP contribution is -1.92. The molecule has 0 amide bonds. The van der Waals surface area contributed by atoms with E-state index in [1.54, 1.807) is 17.4 Å². The fourth-order valence-corrected chi connectivity index (χ4v) is 3.91. The monoisotopic (exact) mass is 390 g/mol. The number of rotatable bonds is 5. The number of hydrogen-bond donors (Lipinski definition) is 0. The zero-order valence-electron chi connectivity index (χ0n) is 12.7. The molecular weight excluding hydrogens is 375 g/mol. The van der Waals surface area contributed by atoms with Crippen LogP contribution in [0.5, 0.6) is 5.75 Å². The van der Waals surface area contributed by atoms with Gasteiger partial charge in [-0.25, -0.2) is 4.39 Å². The Bertz CT molecular complexity index is 813. The molecule has 0 saturated carbocycles. The van der Waals surface area contributed by atoms with Crippen LogP contribution < -0.4 is 4.74 Å². The van der Waals surface area contributed by atoms with Gasteiger partial charge < -0.3 is 4.74 Å². The van der Waals surface area contributed by atoms with Crippen LogP contribution >= 0.6 is 27.3 Å². The second-order valence-corrected chi connectivity index (χ2v) is 7.19. The van der Waals surface area contributed by atoms with Crippen LogP contribution in [-0.4, -0.2) is 6.61 Å². The quantitative estimate of drug-likeness (QED) is 0.496. The summed E-state index contributed by atoms with van der Waals surface area (Å²) in [4.78, 5) is 2.27. The highest BCUT2D eigenvalue weighted by molar-refractivity contribution is 9.10. The van der Waals surface area contributed by atoms with Gasteiger partial charge in [-0.2, -0.15) is 0 Å². The van der Waals surface area contributed by atoms with Gasteiger partial charge in [0, 0.05) is 26.2 Å². The lowest BCUT2D eigenvalue weighted by molar-refractivity contribution is 0.341. The van der Waals surface area contributed by atoms with E-state index in [0.29, 0.717) is 18.6 Å². The normalized spacial score (nSPS) is 10.7. The highest BCUT2D eigenvalue weighted by Gasteiger charge is 2.10. The number of para-hydroxylation sites is 1. The Kier molecular flexibility index (Phi) is 5.13. The van der Waals surface area contributed by atoms with Crippen molar-refractivity contribution in [3.05, 3.63) is 75.3 Å². The first-order valence-electron chi connectivity index (χ1n) is 7.42. The van der Waals surface area contributed by atoms with Gasteiger partial charge in [0.15, 0.2) is 0 Å². The molecule has 23 heavy (non-hydrogen) atoms. The van der Waals surface area contributed by atoms with Crippen molar-refractivity contribution in [1.82, 2.24) is 0 Å². The maximum absolute atomic E-state index is 13.9. The zero-order valence-corrected chi connectivity index (χ0v) is 15.1. The number of halogens is 2. The van der Waals surface area contributed by atoms with Crippen LogP contribution in [0.15, 0.2) is 59.1 Å². The first-order chi connectivity index (χ1) is 11.2. The minimum atomic E-state index is -0.169. The Balaban J connectivity index is 1.88. The summed E-state index contributed by atoms with van der Waals surface area (Å²) in [5.74, 6) is 0.718. The average Bonchev–Trinajstić information content (AvgIpc) is 3.00. The summed E-state index contributed by atoms with van der Waals surface area (Å²) in [6.45, 7) is 2.62. The average molecular weight is 391 g/mol. The van der Waals surface area contributed by atoms with Crippen molar-refractivity contribution in [3.8, 4) is 16.2 Å². The van der Waals surface area contributed by atoms with E-state index in [4.69, 9.17) is 4.74 Å². The van der Waals surface area contributed by atoms with Crippen molar-refractivity contribution in [2.45, 2.75) is 13.3 Å². The molecule has 118 valence electrons. The lowest BCUT2D eigenvalue weighted by atomic mass is 10.1. The minimum absolute atomic E-state index is 0.169. The van der Waals surface area contributed by atoms with Crippen LogP contribution in [0.3, 0.4) is 0 Å². The Hall–Kier alpha value is -1.65. The molecule has 0 aliphatic heterocycles. The van der Waals surface area contributed by atoms with Crippen molar-refractivity contribution in [2.24, 2.45) is 0 Å². The van der Waals surface area contributed by atoms with E-state index in [1.165, 1.54) is 6.07 Å². The van der Waals surface area contributed by atoms with Crippen LogP contribution in [0.1, 0.15) is 17.4 Å². The SMILES string of the molecule is CCOc1ccccc1-c1ccc(Cc2cc(Br)ccc2F)s1. The van der Waals surface area contributed by atoms with Crippen LogP contribution in [0.2, 0.25) is 0 Å². The molecule has 0 saturated heterocycles. The van der Waals surface area contributed by atoms with E-state index >= 15 is 0 Å². The third kappa shape index (κ3) is 3.82. The van der Waals surface area contributed by atoms with E-state index in [1.807, 2.05) is 31.2 Å². The second-order valence-electron chi connectivity index (χ2n) is 5.11. The fraction of sp³-hybridized carbons (Fsp3) is 0.158. The smallest absolute Gasteiger partial charge is 0.127 e. The summed E-state index contributed by atoms with van der Waals surface area (Å²) in [7, 11) is 0. The van der Waals surface area contributed by atoms with Crippen molar-refractivity contribution in [3.63, 3.8) is 0 Å². The predicted octanol–water partition coefficient (Wildman–Crippen LogP) is 6.31. The van der Waals surface area contributed by atoms with E-state index in [-0.39, 0.29) is 5.82 Å². The molecule has 0 aliphatic carbocycles. The molecule has 3 aromatic rings. The van der Waals surface area contributed by atoms with Crippen LogP contribution in [0.25, 0.3) is 10.4 Å². The maximum Gasteiger partial charge on any atom is 0.127 e. The summed E-state index contributed by atoms with van der Waals surface area (Å²) in [5, 5.41) is 0. The van der Waals surface area contributed by atoms with Crippen molar-refractivity contribution >= 4 is 27.3 Å². The molecule has 1 nitrogen and oxygen atoms in total. The van der Waals surface area contributed by atoms with Crippen molar-refractivity contribution in [1.29, 1.82) is 0 Å². The van der Waals surface area contributed by atoms with Crippen molar-refractivity contribution < 1.29 is 9.13 Å². The van der Waals surface area contributed by atoms with E-state index < -0.39 is 0 Å². The minimum Gasteiger partial charge on any atom is -0.493 e. The highest BCUT2D eigenvalue weighted by atomic mass is 79.9. The molecular formula is C19H16BrFOS. The first kappa shape index (κ1) is 16.2. The maximum atomic E-state index is 13.9. The molecule has 0 fully saturated rings. The van der Waals surface area contributed by atoms with Crippen LogP contribution in [-0.2, 0) is 6.42 Å². The molecule has 1 aromatic heterocycles. The summed E-state index contributed by atoms with van der Waals surface area (Å²) >= 11 is 5.07. The van der Waals surface area contributed by atoms with E-state index in [2.05, 4.69) is 34.1 Å². The third-order valence-electron chi connectivity index (χ3n) is 3.49. The van der Waals surface area contributed by atoms with Gasteiger partial charge in [-0.1, -0.05) is 28.1 Å². The molecule has 3 rings (SSSR count). The molecule has 0 N–H and O–H groups in total. The fourth-order valence-electron chi connectivity index (χ4n) is 2.44. The van der Waals surface area contributed by atoms with E-state index in [0.717, 1.165) is 25.5 Å². The Labute approximate surface area is 147 Å². The largest absolute Gasteiger partial charge is 0.493 e. The first-order valence-corrected chi connectivity index (χ1v) is 9.03. The number of thiophene rings is 1. The topological polar surface area (TPSA) is 9.23 Å². The molecule has 0 atom stereocenters. The molecule has 0 radical (unpaired) electrons. The van der Waals surface area contributed by atoms with Gasteiger partial charge in [-0.15, -0.1) is 11.3 Å². The molecule has 4 heteroatoms.